The molecule has 0 radical (unpaired) electrons. The molecule has 1 N–H and O–H groups in total. The van der Waals surface area contributed by atoms with E-state index in [1.165, 1.54) is 31.0 Å². The zero-order valence-corrected chi connectivity index (χ0v) is 18.7. The van der Waals surface area contributed by atoms with Gasteiger partial charge in [-0.3, -0.25) is 4.79 Å². The molecule has 0 bridgehead atoms. The number of hydrogen-bond donors (Lipinski definition) is 1. The van der Waals surface area contributed by atoms with Crippen molar-refractivity contribution in [2.45, 2.75) is 70.5 Å². The van der Waals surface area contributed by atoms with Gasteiger partial charge in [0, 0.05) is 12.5 Å². The van der Waals surface area contributed by atoms with E-state index in [0.29, 0.717) is 28.2 Å². The summed E-state index contributed by atoms with van der Waals surface area (Å²) in [6.45, 7) is 6.65. The van der Waals surface area contributed by atoms with Crippen LogP contribution in [0.15, 0.2) is 5.16 Å². The van der Waals surface area contributed by atoms with Crippen LogP contribution in [0.25, 0.3) is 0 Å². The Morgan fingerprint density at radius 2 is 2.00 bits per heavy atom. The molecular weight excluding hydrogens is 410 g/mol. The number of aryl methyl sites for hydroxylation is 1. The van der Waals surface area contributed by atoms with E-state index in [-0.39, 0.29) is 11.7 Å². The minimum Gasteiger partial charge on any atom is -0.462 e. The molecule has 0 atom stereocenters. The van der Waals surface area contributed by atoms with Crippen LogP contribution in [0, 0.1) is 6.92 Å². The molecule has 10 heteroatoms. The van der Waals surface area contributed by atoms with Crippen molar-refractivity contribution in [3.05, 3.63) is 16.4 Å². The first-order valence-electron chi connectivity index (χ1n) is 10.0. The second-order valence-corrected chi connectivity index (χ2v) is 8.85. The van der Waals surface area contributed by atoms with Crippen LogP contribution in [0.1, 0.15) is 73.1 Å². The van der Waals surface area contributed by atoms with Crippen LogP contribution in [0.4, 0.5) is 5.13 Å². The van der Waals surface area contributed by atoms with Gasteiger partial charge in [-0.15, -0.1) is 10.2 Å². The summed E-state index contributed by atoms with van der Waals surface area (Å²) in [7, 11) is 0. The van der Waals surface area contributed by atoms with Gasteiger partial charge in [-0.25, -0.2) is 9.78 Å². The number of thioether (sulfide) groups is 1. The standard InChI is InChI=1S/C19H27N5O3S2/c1-4-24-16(13-9-7-6-8-10-13)22-23-19(24)28-11-14(25)21-18-20-12(3)15(29-18)17(26)27-5-2/h13H,4-11H2,1-3H3,(H,20,21,25). The first kappa shape index (κ1) is 21.8. The van der Waals surface area contributed by atoms with E-state index in [2.05, 4.69) is 32.0 Å². The highest BCUT2D eigenvalue weighted by atomic mass is 32.2. The summed E-state index contributed by atoms with van der Waals surface area (Å²) < 4.78 is 7.13. The summed E-state index contributed by atoms with van der Waals surface area (Å²) in [5, 5.41) is 12.7. The molecular formula is C19H27N5O3S2. The Kier molecular flexibility index (Phi) is 7.65. The number of carbonyl (C=O) groups is 2. The van der Waals surface area contributed by atoms with Gasteiger partial charge in [0.2, 0.25) is 5.91 Å². The molecule has 1 fully saturated rings. The van der Waals surface area contributed by atoms with Crippen molar-refractivity contribution in [3.8, 4) is 0 Å². The summed E-state index contributed by atoms with van der Waals surface area (Å²) in [5.74, 6) is 1.12. The van der Waals surface area contributed by atoms with E-state index in [1.807, 2.05) is 0 Å². The van der Waals surface area contributed by atoms with Gasteiger partial charge in [0.15, 0.2) is 10.3 Å². The van der Waals surface area contributed by atoms with E-state index in [9.17, 15) is 9.59 Å². The summed E-state index contributed by atoms with van der Waals surface area (Å²) in [4.78, 5) is 28.9. The largest absolute Gasteiger partial charge is 0.462 e. The van der Waals surface area contributed by atoms with Crippen molar-refractivity contribution in [2.75, 3.05) is 17.7 Å². The van der Waals surface area contributed by atoms with Gasteiger partial charge in [0.25, 0.3) is 0 Å². The number of rotatable bonds is 8. The number of ether oxygens (including phenoxy) is 1. The molecule has 0 saturated heterocycles. The molecule has 2 aromatic heterocycles. The van der Waals surface area contributed by atoms with Crippen LogP contribution in [-0.4, -0.2) is 44.0 Å². The molecule has 2 heterocycles. The third kappa shape index (κ3) is 5.36. The molecule has 3 rings (SSSR count). The van der Waals surface area contributed by atoms with Crippen molar-refractivity contribution in [3.63, 3.8) is 0 Å². The topological polar surface area (TPSA) is 99.0 Å². The Hall–Kier alpha value is -1.94. The van der Waals surface area contributed by atoms with Gasteiger partial charge < -0.3 is 14.6 Å². The monoisotopic (exact) mass is 437 g/mol. The minimum absolute atomic E-state index is 0.191. The molecule has 1 aliphatic rings. The number of anilines is 1. The van der Waals surface area contributed by atoms with Gasteiger partial charge in [-0.05, 0) is 33.6 Å². The van der Waals surface area contributed by atoms with Crippen LogP contribution >= 0.6 is 23.1 Å². The third-order valence-corrected chi connectivity index (χ3v) is 6.89. The van der Waals surface area contributed by atoms with Crippen LogP contribution in [0.2, 0.25) is 0 Å². The Morgan fingerprint density at radius 1 is 1.24 bits per heavy atom. The average Bonchev–Trinajstić information content (AvgIpc) is 3.30. The number of carbonyl (C=O) groups excluding carboxylic acids is 2. The van der Waals surface area contributed by atoms with Crippen LogP contribution in [0.3, 0.4) is 0 Å². The van der Waals surface area contributed by atoms with Crippen molar-refractivity contribution in [1.82, 2.24) is 19.7 Å². The lowest BCUT2D eigenvalue weighted by Gasteiger charge is -2.21. The zero-order valence-electron chi connectivity index (χ0n) is 17.1. The highest BCUT2D eigenvalue weighted by molar-refractivity contribution is 7.99. The lowest BCUT2D eigenvalue weighted by atomic mass is 9.89. The fraction of sp³-hybridized carbons (Fsp3) is 0.632. The van der Waals surface area contributed by atoms with E-state index >= 15 is 0 Å². The van der Waals surface area contributed by atoms with Crippen LogP contribution in [0.5, 0.6) is 0 Å². The summed E-state index contributed by atoms with van der Waals surface area (Å²) in [5.41, 5.74) is 0.555. The van der Waals surface area contributed by atoms with Gasteiger partial charge in [-0.2, -0.15) is 0 Å². The summed E-state index contributed by atoms with van der Waals surface area (Å²) in [6, 6.07) is 0. The highest BCUT2D eigenvalue weighted by Crippen LogP contribution is 2.33. The van der Waals surface area contributed by atoms with Crippen LogP contribution < -0.4 is 5.32 Å². The second-order valence-electron chi connectivity index (χ2n) is 6.91. The number of thiazole rings is 1. The SMILES string of the molecule is CCOC(=O)c1sc(NC(=O)CSc2nnc(C3CCCCC3)n2CC)nc1C. The zero-order chi connectivity index (χ0) is 20.8. The second kappa shape index (κ2) is 10.2. The summed E-state index contributed by atoms with van der Waals surface area (Å²) >= 11 is 2.50. The third-order valence-electron chi connectivity index (χ3n) is 4.87. The number of hydrogen-bond acceptors (Lipinski definition) is 8. The van der Waals surface area contributed by atoms with E-state index in [0.717, 1.165) is 41.7 Å². The molecule has 1 saturated carbocycles. The fourth-order valence-corrected chi connectivity index (χ4v) is 5.17. The van der Waals surface area contributed by atoms with E-state index in [4.69, 9.17) is 4.74 Å². The van der Waals surface area contributed by atoms with Crippen molar-refractivity contribution >= 4 is 40.1 Å². The predicted molar refractivity (Wildman–Crippen MR) is 114 cm³/mol. The van der Waals surface area contributed by atoms with Crippen molar-refractivity contribution in [2.24, 2.45) is 0 Å². The Labute approximate surface area is 178 Å². The fourth-order valence-electron chi connectivity index (χ4n) is 3.49. The average molecular weight is 438 g/mol. The predicted octanol–water partition coefficient (Wildman–Crippen LogP) is 4.02. The molecule has 1 aliphatic carbocycles. The molecule has 8 nitrogen and oxygen atoms in total. The molecule has 0 aliphatic heterocycles. The number of amides is 1. The lowest BCUT2D eigenvalue weighted by Crippen LogP contribution is -2.15. The van der Waals surface area contributed by atoms with Crippen molar-refractivity contribution in [1.29, 1.82) is 0 Å². The first-order valence-corrected chi connectivity index (χ1v) is 11.8. The number of aromatic nitrogens is 4. The Bertz CT molecular complexity index is 858. The molecule has 158 valence electrons. The molecule has 1 amide bonds. The quantitative estimate of drug-likeness (QED) is 0.492. The normalized spacial score (nSPS) is 14.7. The molecule has 0 aromatic carbocycles. The molecule has 2 aromatic rings. The number of nitrogens with zero attached hydrogens (tertiary/aromatic N) is 4. The molecule has 0 spiro atoms. The lowest BCUT2D eigenvalue weighted by molar-refractivity contribution is -0.113. The minimum atomic E-state index is -0.413. The van der Waals surface area contributed by atoms with Gasteiger partial charge >= 0.3 is 5.97 Å². The van der Waals surface area contributed by atoms with Crippen LogP contribution in [-0.2, 0) is 16.1 Å². The van der Waals surface area contributed by atoms with Gasteiger partial charge in [0.1, 0.15) is 10.7 Å². The highest BCUT2D eigenvalue weighted by Gasteiger charge is 2.23. The maximum absolute atomic E-state index is 12.4. The summed E-state index contributed by atoms with van der Waals surface area (Å²) in [6.07, 6.45) is 6.11. The van der Waals surface area contributed by atoms with E-state index in [1.54, 1.807) is 13.8 Å². The molecule has 0 unspecified atom stereocenters. The first-order chi connectivity index (χ1) is 14.0. The number of nitrogens with one attached hydrogen (secondary N) is 1. The van der Waals surface area contributed by atoms with Gasteiger partial charge in [0.05, 0.1) is 18.1 Å². The van der Waals surface area contributed by atoms with E-state index < -0.39 is 5.97 Å². The maximum Gasteiger partial charge on any atom is 0.350 e. The number of esters is 1. The smallest absolute Gasteiger partial charge is 0.350 e. The Balaban J connectivity index is 1.59. The molecule has 29 heavy (non-hydrogen) atoms. The van der Waals surface area contributed by atoms with Crippen molar-refractivity contribution < 1.29 is 14.3 Å². The Morgan fingerprint density at radius 3 is 2.69 bits per heavy atom. The maximum atomic E-state index is 12.4. The van der Waals surface area contributed by atoms with Gasteiger partial charge in [-0.1, -0.05) is 42.4 Å².